The Kier molecular flexibility index (Phi) is 3.30. The first-order valence-corrected chi connectivity index (χ1v) is 7.23. The maximum atomic E-state index is 6.07. The molecule has 3 rings (SSSR count). The highest BCUT2D eigenvalue weighted by atomic mass is 15.0. The molecule has 0 radical (unpaired) electrons. The molecule has 0 saturated heterocycles. The van der Waals surface area contributed by atoms with E-state index in [9.17, 15) is 0 Å². The van der Waals surface area contributed by atoms with Gasteiger partial charge in [0, 0.05) is 5.56 Å². The van der Waals surface area contributed by atoms with Gasteiger partial charge in [-0.3, -0.25) is 0 Å². The zero-order valence-electron chi connectivity index (χ0n) is 11.8. The molecule has 0 fully saturated rings. The molecule has 0 unspecified atom stereocenters. The minimum Gasteiger partial charge on any atom is -0.383 e. The SMILES string of the molecule is CCc1nc(N)nc(N)c1-c1ccc2c(c1)CCCC2. The van der Waals surface area contributed by atoms with E-state index in [0.717, 1.165) is 29.7 Å². The minimum absolute atomic E-state index is 0.251. The lowest BCUT2D eigenvalue weighted by Gasteiger charge is -2.18. The number of anilines is 2. The van der Waals surface area contributed by atoms with Gasteiger partial charge in [0.2, 0.25) is 5.95 Å². The van der Waals surface area contributed by atoms with Crippen molar-refractivity contribution in [3.63, 3.8) is 0 Å². The van der Waals surface area contributed by atoms with Crippen LogP contribution in [0, 0.1) is 0 Å². The van der Waals surface area contributed by atoms with Gasteiger partial charge in [0.1, 0.15) is 5.82 Å². The number of hydrogen-bond acceptors (Lipinski definition) is 4. The maximum absolute atomic E-state index is 6.07. The van der Waals surface area contributed by atoms with Crippen LogP contribution < -0.4 is 11.5 Å². The van der Waals surface area contributed by atoms with Crippen molar-refractivity contribution < 1.29 is 0 Å². The summed E-state index contributed by atoms with van der Waals surface area (Å²) in [6, 6.07) is 6.60. The summed E-state index contributed by atoms with van der Waals surface area (Å²) in [4.78, 5) is 8.44. The summed E-state index contributed by atoms with van der Waals surface area (Å²) >= 11 is 0. The number of aromatic nitrogens is 2. The second kappa shape index (κ2) is 5.12. The number of hydrogen-bond donors (Lipinski definition) is 2. The van der Waals surface area contributed by atoms with Crippen molar-refractivity contribution in [1.82, 2.24) is 9.97 Å². The highest BCUT2D eigenvalue weighted by molar-refractivity contribution is 5.77. The molecule has 0 spiro atoms. The van der Waals surface area contributed by atoms with E-state index < -0.39 is 0 Å². The van der Waals surface area contributed by atoms with Crippen LogP contribution in [0.25, 0.3) is 11.1 Å². The standard InChI is InChI=1S/C16H20N4/c1-2-13-14(15(17)20-16(18)19-13)12-8-7-10-5-3-4-6-11(10)9-12/h7-9H,2-6H2,1H3,(H4,17,18,19,20). The first kappa shape index (κ1) is 12.9. The highest BCUT2D eigenvalue weighted by Crippen LogP contribution is 2.32. The maximum Gasteiger partial charge on any atom is 0.222 e. The second-order valence-electron chi connectivity index (χ2n) is 5.33. The van der Waals surface area contributed by atoms with E-state index in [1.807, 2.05) is 0 Å². The zero-order chi connectivity index (χ0) is 14.1. The van der Waals surface area contributed by atoms with Crippen molar-refractivity contribution in [2.45, 2.75) is 39.0 Å². The summed E-state index contributed by atoms with van der Waals surface area (Å²) < 4.78 is 0. The Morgan fingerprint density at radius 3 is 2.55 bits per heavy atom. The van der Waals surface area contributed by atoms with Gasteiger partial charge < -0.3 is 11.5 Å². The van der Waals surface area contributed by atoms with Gasteiger partial charge in [0.25, 0.3) is 0 Å². The quantitative estimate of drug-likeness (QED) is 0.878. The summed E-state index contributed by atoms with van der Waals surface area (Å²) in [6.45, 7) is 2.06. The summed E-state index contributed by atoms with van der Waals surface area (Å²) in [5.41, 5.74) is 17.6. The number of rotatable bonds is 2. The van der Waals surface area contributed by atoms with Crippen LogP contribution in [-0.4, -0.2) is 9.97 Å². The Balaban J connectivity index is 2.13. The average Bonchev–Trinajstić information content (AvgIpc) is 2.46. The fourth-order valence-corrected chi connectivity index (χ4v) is 3.01. The molecule has 1 aliphatic carbocycles. The fourth-order valence-electron chi connectivity index (χ4n) is 3.01. The molecular formula is C16H20N4. The molecule has 1 aromatic heterocycles. The lowest BCUT2D eigenvalue weighted by Crippen LogP contribution is -2.07. The molecule has 1 heterocycles. The molecule has 4 N–H and O–H groups in total. The second-order valence-corrected chi connectivity index (χ2v) is 5.33. The van der Waals surface area contributed by atoms with Gasteiger partial charge in [0.05, 0.1) is 5.69 Å². The summed E-state index contributed by atoms with van der Waals surface area (Å²) in [7, 11) is 0. The van der Waals surface area contributed by atoms with Crippen LogP contribution >= 0.6 is 0 Å². The molecule has 0 amide bonds. The summed E-state index contributed by atoms with van der Waals surface area (Å²) in [6.07, 6.45) is 5.69. The van der Waals surface area contributed by atoms with Gasteiger partial charge in [-0.05, 0) is 48.8 Å². The third-order valence-electron chi connectivity index (χ3n) is 4.00. The lowest BCUT2D eigenvalue weighted by atomic mass is 9.89. The number of nitrogen functional groups attached to an aromatic ring is 2. The van der Waals surface area contributed by atoms with Crippen molar-refractivity contribution in [1.29, 1.82) is 0 Å². The van der Waals surface area contributed by atoms with Gasteiger partial charge in [-0.15, -0.1) is 0 Å². The van der Waals surface area contributed by atoms with Crippen LogP contribution in [0.2, 0.25) is 0 Å². The summed E-state index contributed by atoms with van der Waals surface area (Å²) in [5, 5.41) is 0. The molecule has 20 heavy (non-hydrogen) atoms. The molecule has 2 aromatic rings. The van der Waals surface area contributed by atoms with Crippen LogP contribution in [0.1, 0.15) is 36.6 Å². The molecular weight excluding hydrogens is 248 g/mol. The Bertz CT molecular complexity index is 649. The Morgan fingerprint density at radius 2 is 1.80 bits per heavy atom. The van der Waals surface area contributed by atoms with Gasteiger partial charge in [0.15, 0.2) is 0 Å². The predicted octanol–water partition coefficient (Wildman–Crippen LogP) is 2.75. The number of benzene rings is 1. The molecule has 4 nitrogen and oxygen atoms in total. The van der Waals surface area contributed by atoms with Gasteiger partial charge in [-0.25, -0.2) is 4.98 Å². The van der Waals surface area contributed by atoms with E-state index in [1.165, 1.54) is 30.4 Å². The smallest absolute Gasteiger partial charge is 0.222 e. The lowest BCUT2D eigenvalue weighted by molar-refractivity contribution is 0.686. The van der Waals surface area contributed by atoms with Crippen LogP contribution in [0.3, 0.4) is 0 Å². The van der Waals surface area contributed by atoms with Crippen molar-refractivity contribution in [3.05, 3.63) is 35.0 Å². The number of aryl methyl sites for hydroxylation is 3. The van der Waals surface area contributed by atoms with Crippen molar-refractivity contribution in [2.75, 3.05) is 11.5 Å². The number of nitrogens with zero attached hydrogens (tertiary/aromatic N) is 2. The first-order valence-electron chi connectivity index (χ1n) is 7.23. The highest BCUT2D eigenvalue weighted by Gasteiger charge is 2.15. The third-order valence-corrected chi connectivity index (χ3v) is 4.00. The van der Waals surface area contributed by atoms with Gasteiger partial charge in [-0.1, -0.05) is 25.1 Å². The van der Waals surface area contributed by atoms with Crippen LogP contribution in [0.5, 0.6) is 0 Å². The molecule has 0 bridgehead atoms. The van der Waals surface area contributed by atoms with Crippen molar-refractivity contribution in [2.24, 2.45) is 0 Å². The molecule has 1 aliphatic rings. The molecule has 1 aromatic carbocycles. The Labute approximate surface area is 119 Å². The topological polar surface area (TPSA) is 77.8 Å². The van der Waals surface area contributed by atoms with Crippen LogP contribution in [0.4, 0.5) is 11.8 Å². The average molecular weight is 268 g/mol. The predicted molar refractivity (Wildman–Crippen MR) is 82.3 cm³/mol. The van der Waals surface area contributed by atoms with E-state index in [4.69, 9.17) is 11.5 Å². The molecule has 0 atom stereocenters. The summed E-state index contributed by atoms with van der Waals surface area (Å²) in [5.74, 6) is 0.728. The number of fused-ring (bicyclic) bond motifs is 1. The van der Waals surface area contributed by atoms with Crippen LogP contribution in [-0.2, 0) is 19.3 Å². The molecule has 0 saturated carbocycles. The van der Waals surface area contributed by atoms with E-state index in [1.54, 1.807) is 0 Å². The largest absolute Gasteiger partial charge is 0.383 e. The van der Waals surface area contributed by atoms with E-state index in [-0.39, 0.29) is 5.95 Å². The number of nitrogens with two attached hydrogens (primary N) is 2. The zero-order valence-corrected chi connectivity index (χ0v) is 11.8. The minimum atomic E-state index is 0.251. The van der Waals surface area contributed by atoms with Crippen molar-refractivity contribution in [3.8, 4) is 11.1 Å². The normalized spacial score (nSPS) is 14.1. The molecule has 104 valence electrons. The third kappa shape index (κ3) is 2.22. The Hall–Kier alpha value is -2.10. The molecule has 0 aliphatic heterocycles. The van der Waals surface area contributed by atoms with Crippen molar-refractivity contribution >= 4 is 11.8 Å². The van der Waals surface area contributed by atoms with E-state index in [2.05, 4.69) is 35.1 Å². The molecule has 4 heteroatoms. The van der Waals surface area contributed by atoms with Gasteiger partial charge >= 0.3 is 0 Å². The van der Waals surface area contributed by atoms with Gasteiger partial charge in [-0.2, -0.15) is 4.98 Å². The fraction of sp³-hybridized carbons (Fsp3) is 0.375. The Morgan fingerprint density at radius 1 is 1.05 bits per heavy atom. The first-order chi connectivity index (χ1) is 9.69. The van der Waals surface area contributed by atoms with E-state index >= 15 is 0 Å². The van der Waals surface area contributed by atoms with E-state index in [0.29, 0.717) is 5.82 Å². The van der Waals surface area contributed by atoms with Crippen LogP contribution in [0.15, 0.2) is 18.2 Å². The monoisotopic (exact) mass is 268 g/mol.